The number of hydrogen-bond donors (Lipinski definition) is 1. The molecule has 122 valence electrons. The van der Waals surface area contributed by atoms with Crippen LogP contribution in [0.15, 0.2) is 24.3 Å². The van der Waals surface area contributed by atoms with Crippen LogP contribution in [0.3, 0.4) is 0 Å². The third-order valence-electron chi connectivity index (χ3n) is 5.16. The summed E-state index contributed by atoms with van der Waals surface area (Å²) in [5.41, 5.74) is 1.20. The van der Waals surface area contributed by atoms with Gasteiger partial charge in [-0.2, -0.15) is 0 Å². The van der Waals surface area contributed by atoms with Crippen molar-refractivity contribution in [3.05, 3.63) is 29.8 Å². The van der Waals surface area contributed by atoms with E-state index in [1.807, 2.05) is 12.1 Å². The highest BCUT2D eigenvalue weighted by molar-refractivity contribution is 5.36. The van der Waals surface area contributed by atoms with Gasteiger partial charge in [-0.1, -0.05) is 25.1 Å². The summed E-state index contributed by atoms with van der Waals surface area (Å²) in [5.74, 6) is 1.68. The van der Waals surface area contributed by atoms with Gasteiger partial charge in [-0.15, -0.1) is 0 Å². The number of aliphatic hydroxyl groups excluding tert-OH is 1. The molecule has 4 nitrogen and oxygen atoms in total. The van der Waals surface area contributed by atoms with Gasteiger partial charge in [0.1, 0.15) is 5.75 Å². The van der Waals surface area contributed by atoms with Gasteiger partial charge in [0.05, 0.1) is 32.3 Å². The lowest BCUT2D eigenvalue weighted by Gasteiger charge is -2.48. The zero-order valence-electron chi connectivity index (χ0n) is 13.6. The fourth-order valence-corrected chi connectivity index (χ4v) is 3.70. The van der Waals surface area contributed by atoms with E-state index in [1.54, 1.807) is 7.11 Å². The molecule has 1 aromatic rings. The molecular formula is C18H27NO3. The van der Waals surface area contributed by atoms with Crippen LogP contribution in [0.5, 0.6) is 5.75 Å². The van der Waals surface area contributed by atoms with Gasteiger partial charge in [0.2, 0.25) is 0 Å². The Morgan fingerprint density at radius 1 is 1.36 bits per heavy atom. The number of rotatable bonds is 5. The number of piperidine rings is 1. The van der Waals surface area contributed by atoms with Crippen molar-refractivity contribution in [2.24, 2.45) is 11.3 Å². The van der Waals surface area contributed by atoms with Crippen LogP contribution < -0.4 is 4.74 Å². The molecule has 2 aliphatic heterocycles. The SMILES string of the molecule is COc1ccccc1[C@H]1C[C@@H](C)CCN1CC1(CO)COC1. The van der Waals surface area contributed by atoms with Crippen molar-refractivity contribution < 1.29 is 14.6 Å². The van der Waals surface area contributed by atoms with Crippen molar-refractivity contribution >= 4 is 0 Å². The molecule has 4 heteroatoms. The predicted molar refractivity (Wildman–Crippen MR) is 86.0 cm³/mol. The second kappa shape index (κ2) is 6.57. The second-order valence-corrected chi connectivity index (χ2v) is 7.01. The van der Waals surface area contributed by atoms with Crippen LogP contribution in [0.4, 0.5) is 0 Å². The number of methoxy groups -OCH3 is 1. The summed E-state index contributed by atoms with van der Waals surface area (Å²) in [4.78, 5) is 2.52. The first-order valence-electron chi connectivity index (χ1n) is 8.23. The predicted octanol–water partition coefficient (Wildman–Crippen LogP) is 2.48. The maximum Gasteiger partial charge on any atom is 0.123 e. The normalized spacial score (nSPS) is 28.1. The van der Waals surface area contributed by atoms with Gasteiger partial charge >= 0.3 is 0 Å². The number of para-hydroxylation sites is 1. The number of aliphatic hydroxyl groups is 1. The van der Waals surface area contributed by atoms with Crippen molar-refractivity contribution in [3.8, 4) is 5.75 Å². The van der Waals surface area contributed by atoms with E-state index in [0.29, 0.717) is 25.2 Å². The summed E-state index contributed by atoms with van der Waals surface area (Å²) in [6, 6.07) is 8.69. The van der Waals surface area contributed by atoms with Crippen LogP contribution in [-0.2, 0) is 4.74 Å². The Balaban J connectivity index is 1.84. The molecule has 2 heterocycles. The van der Waals surface area contributed by atoms with E-state index >= 15 is 0 Å². The lowest BCUT2D eigenvalue weighted by atomic mass is 9.82. The van der Waals surface area contributed by atoms with Crippen LogP contribution in [0, 0.1) is 11.3 Å². The fraction of sp³-hybridized carbons (Fsp3) is 0.667. The minimum absolute atomic E-state index is 0.0686. The van der Waals surface area contributed by atoms with Crippen LogP contribution in [-0.4, -0.2) is 50.0 Å². The first kappa shape index (κ1) is 15.8. The van der Waals surface area contributed by atoms with E-state index < -0.39 is 0 Å². The van der Waals surface area contributed by atoms with E-state index in [9.17, 15) is 5.11 Å². The zero-order chi connectivity index (χ0) is 15.6. The summed E-state index contributed by atoms with van der Waals surface area (Å²) >= 11 is 0. The van der Waals surface area contributed by atoms with Gasteiger partial charge in [-0.25, -0.2) is 0 Å². The second-order valence-electron chi connectivity index (χ2n) is 7.01. The summed E-state index contributed by atoms with van der Waals surface area (Å²) in [6.07, 6.45) is 2.36. The van der Waals surface area contributed by atoms with E-state index in [2.05, 4.69) is 24.0 Å². The van der Waals surface area contributed by atoms with Crippen LogP contribution in [0.2, 0.25) is 0 Å². The average Bonchev–Trinajstić information content (AvgIpc) is 2.52. The molecule has 0 spiro atoms. The van der Waals surface area contributed by atoms with Crippen molar-refractivity contribution in [1.29, 1.82) is 0 Å². The first-order chi connectivity index (χ1) is 10.7. The Bertz CT molecular complexity index is 495. The van der Waals surface area contributed by atoms with Gasteiger partial charge in [-0.05, 0) is 31.4 Å². The Kier molecular flexibility index (Phi) is 4.71. The third kappa shape index (κ3) is 3.00. The standard InChI is InChI=1S/C18H27NO3/c1-14-7-8-19(10-18(11-20)12-22-13-18)16(9-14)15-5-3-4-6-17(15)21-2/h3-6,14,16,20H,7-13H2,1-2H3/t14-,16+/m0/s1. The number of ether oxygens (including phenoxy) is 2. The molecule has 0 aromatic heterocycles. The van der Waals surface area contributed by atoms with Crippen molar-refractivity contribution in [3.63, 3.8) is 0 Å². The van der Waals surface area contributed by atoms with E-state index in [-0.39, 0.29) is 12.0 Å². The topological polar surface area (TPSA) is 41.9 Å². The van der Waals surface area contributed by atoms with Crippen molar-refractivity contribution in [1.82, 2.24) is 4.90 Å². The summed E-state index contributed by atoms with van der Waals surface area (Å²) in [6.45, 7) is 5.86. The molecular weight excluding hydrogens is 278 g/mol. The molecule has 0 amide bonds. The Labute approximate surface area is 133 Å². The van der Waals surface area contributed by atoms with E-state index in [1.165, 1.54) is 12.0 Å². The minimum Gasteiger partial charge on any atom is -0.496 e. The number of benzene rings is 1. The molecule has 1 aromatic carbocycles. The molecule has 3 rings (SSSR count). The highest BCUT2D eigenvalue weighted by atomic mass is 16.5. The summed E-state index contributed by atoms with van der Waals surface area (Å²) in [5, 5.41) is 9.75. The third-order valence-corrected chi connectivity index (χ3v) is 5.16. The molecule has 2 aliphatic rings. The van der Waals surface area contributed by atoms with Crippen LogP contribution >= 0.6 is 0 Å². The van der Waals surface area contributed by atoms with Crippen LogP contribution in [0.25, 0.3) is 0 Å². The molecule has 0 saturated carbocycles. The first-order valence-corrected chi connectivity index (χ1v) is 8.23. The maximum atomic E-state index is 9.75. The Morgan fingerprint density at radius 2 is 2.14 bits per heavy atom. The van der Waals surface area contributed by atoms with E-state index in [4.69, 9.17) is 9.47 Å². The molecule has 1 N–H and O–H groups in total. The monoisotopic (exact) mass is 305 g/mol. The molecule has 0 bridgehead atoms. The van der Waals surface area contributed by atoms with Gasteiger partial charge in [0.25, 0.3) is 0 Å². The quantitative estimate of drug-likeness (QED) is 0.907. The molecule has 0 radical (unpaired) electrons. The molecule has 2 fully saturated rings. The van der Waals surface area contributed by atoms with Gasteiger partial charge < -0.3 is 14.6 Å². The highest BCUT2D eigenvalue weighted by Gasteiger charge is 2.42. The minimum atomic E-state index is -0.0686. The number of likely N-dealkylation sites (tertiary alicyclic amines) is 1. The molecule has 0 aliphatic carbocycles. The smallest absolute Gasteiger partial charge is 0.123 e. The average molecular weight is 305 g/mol. The number of hydrogen-bond acceptors (Lipinski definition) is 4. The molecule has 22 heavy (non-hydrogen) atoms. The van der Waals surface area contributed by atoms with Gasteiger partial charge in [0.15, 0.2) is 0 Å². The van der Waals surface area contributed by atoms with Gasteiger partial charge in [-0.3, -0.25) is 4.90 Å². The lowest BCUT2D eigenvalue weighted by molar-refractivity contribution is -0.154. The van der Waals surface area contributed by atoms with E-state index in [0.717, 1.165) is 25.3 Å². The summed E-state index contributed by atoms with van der Waals surface area (Å²) < 4.78 is 10.9. The Hall–Kier alpha value is -1.10. The molecule has 2 saturated heterocycles. The zero-order valence-corrected chi connectivity index (χ0v) is 13.6. The van der Waals surface area contributed by atoms with Crippen LogP contribution in [0.1, 0.15) is 31.4 Å². The summed E-state index contributed by atoms with van der Waals surface area (Å²) in [7, 11) is 1.74. The lowest BCUT2D eigenvalue weighted by Crippen LogP contribution is -2.55. The maximum absolute atomic E-state index is 9.75. The highest BCUT2D eigenvalue weighted by Crippen LogP contribution is 2.40. The van der Waals surface area contributed by atoms with Gasteiger partial charge in [0, 0.05) is 18.2 Å². The Morgan fingerprint density at radius 3 is 2.77 bits per heavy atom. The fourth-order valence-electron chi connectivity index (χ4n) is 3.70. The molecule has 2 atom stereocenters. The van der Waals surface area contributed by atoms with Crippen molar-refractivity contribution in [2.45, 2.75) is 25.8 Å². The molecule has 0 unspecified atom stereocenters. The largest absolute Gasteiger partial charge is 0.496 e. The number of nitrogens with zero attached hydrogens (tertiary/aromatic N) is 1. The van der Waals surface area contributed by atoms with Crippen molar-refractivity contribution in [2.75, 3.05) is 40.0 Å².